The van der Waals surface area contributed by atoms with Crippen LogP contribution >= 0.6 is 0 Å². The first-order valence-electron chi connectivity index (χ1n) is 5.42. The number of carboxylic acid groups (broad SMARTS) is 1. The highest BCUT2D eigenvalue weighted by Crippen LogP contribution is 2.22. The van der Waals surface area contributed by atoms with Crippen molar-refractivity contribution in [3.05, 3.63) is 35.4 Å². The Morgan fingerprint density at radius 1 is 1.29 bits per heavy atom. The Labute approximate surface area is 99.3 Å². The topological polar surface area (TPSA) is 71.4 Å². The second kappa shape index (κ2) is 5.94. The third-order valence-corrected chi connectivity index (χ3v) is 2.58. The maximum absolute atomic E-state index is 11.1. The molecule has 0 amide bonds. The predicted octanol–water partition coefficient (Wildman–Crippen LogP) is 2.04. The van der Waals surface area contributed by atoms with Crippen molar-refractivity contribution in [2.75, 3.05) is 0 Å². The molecule has 0 bridgehead atoms. The summed E-state index contributed by atoms with van der Waals surface area (Å²) in [5.41, 5.74) is 0.936. The van der Waals surface area contributed by atoms with E-state index in [0.717, 1.165) is 6.42 Å². The van der Waals surface area contributed by atoms with Crippen molar-refractivity contribution in [3.8, 4) is 0 Å². The quantitative estimate of drug-likeness (QED) is 0.464. The molecule has 1 unspecified atom stereocenters. The summed E-state index contributed by atoms with van der Waals surface area (Å²) in [4.78, 5) is 32.4. The predicted molar refractivity (Wildman–Crippen MR) is 62.1 cm³/mol. The lowest BCUT2D eigenvalue weighted by Gasteiger charge is -2.11. The van der Waals surface area contributed by atoms with Gasteiger partial charge in [-0.25, -0.2) is 0 Å². The first kappa shape index (κ1) is 13.1. The molecular weight excluding hydrogens is 220 g/mol. The molecule has 17 heavy (non-hydrogen) atoms. The van der Waals surface area contributed by atoms with Crippen LogP contribution in [0.5, 0.6) is 0 Å². The molecule has 1 aromatic rings. The van der Waals surface area contributed by atoms with Gasteiger partial charge in [-0.2, -0.15) is 0 Å². The third-order valence-electron chi connectivity index (χ3n) is 2.58. The summed E-state index contributed by atoms with van der Waals surface area (Å²) in [6, 6.07) is 6.14. The van der Waals surface area contributed by atoms with E-state index in [0.29, 0.717) is 12.0 Å². The monoisotopic (exact) mass is 234 g/mol. The van der Waals surface area contributed by atoms with Crippen LogP contribution in [0.15, 0.2) is 24.3 Å². The van der Waals surface area contributed by atoms with E-state index in [2.05, 4.69) is 0 Å². The largest absolute Gasteiger partial charge is 0.481 e. The Bertz CT molecular complexity index is 420. The second-order valence-electron chi connectivity index (χ2n) is 3.78. The SMILES string of the molecule is CCCC(C(=O)O)c1ccc(C(=O)C=O)cc1. The fourth-order valence-corrected chi connectivity index (χ4v) is 1.67. The number of aliphatic carboxylic acids is 1. The Balaban J connectivity index is 2.95. The number of carboxylic acids is 1. The normalized spacial score (nSPS) is 11.8. The van der Waals surface area contributed by atoms with Crippen molar-refractivity contribution in [1.82, 2.24) is 0 Å². The zero-order valence-electron chi connectivity index (χ0n) is 9.55. The van der Waals surface area contributed by atoms with E-state index in [1.807, 2.05) is 6.92 Å². The molecule has 0 aromatic heterocycles. The van der Waals surface area contributed by atoms with Crippen LogP contribution < -0.4 is 0 Å². The molecular formula is C13H14O4. The molecule has 0 aliphatic rings. The zero-order valence-corrected chi connectivity index (χ0v) is 9.55. The summed E-state index contributed by atoms with van der Waals surface area (Å²) in [5.74, 6) is -2.03. The molecule has 4 nitrogen and oxygen atoms in total. The van der Waals surface area contributed by atoms with E-state index < -0.39 is 17.7 Å². The highest BCUT2D eigenvalue weighted by molar-refractivity contribution is 6.33. The minimum atomic E-state index is -0.874. The van der Waals surface area contributed by atoms with Gasteiger partial charge in [-0.3, -0.25) is 14.4 Å². The number of carbonyl (C=O) groups excluding carboxylic acids is 2. The lowest BCUT2D eigenvalue weighted by Crippen LogP contribution is -2.11. The fourth-order valence-electron chi connectivity index (χ4n) is 1.67. The minimum absolute atomic E-state index is 0.246. The van der Waals surface area contributed by atoms with Crippen molar-refractivity contribution in [1.29, 1.82) is 0 Å². The Morgan fingerprint density at radius 2 is 1.88 bits per heavy atom. The number of rotatable bonds is 6. The number of hydrogen-bond acceptors (Lipinski definition) is 3. The van der Waals surface area contributed by atoms with Crippen LogP contribution in [-0.4, -0.2) is 23.1 Å². The van der Waals surface area contributed by atoms with E-state index in [1.165, 1.54) is 12.1 Å². The number of carbonyl (C=O) groups is 3. The van der Waals surface area contributed by atoms with Gasteiger partial charge < -0.3 is 5.11 Å². The molecule has 4 heteroatoms. The van der Waals surface area contributed by atoms with Crippen molar-refractivity contribution >= 4 is 18.0 Å². The Morgan fingerprint density at radius 3 is 2.29 bits per heavy atom. The molecule has 1 N–H and O–H groups in total. The molecule has 1 atom stereocenters. The van der Waals surface area contributed by atoms with Crippen molar-refractivity contribution in [2.24, 2.45) is 0 Å². The van der Waals surface area contributed by atoms with Gasteiger partial charge in [-0.15, -0.1) is 0 Å². The molecule has 0 saturated carbocycles. The summed E-state index contributed by atoms with van der Waals surface area (Å²) < 4.78 is 0. The van der Waals surface area contributed by atoms with Gasteiger partial charge in [0.15, 0.2) is 6.29 Å². The smallest absolute Gasteiger partial charge is 0.310 e. The average Bonchev–Trinajstić information content (AvgIpc) is 2.35. The van der Waals surface area contributed by atoms with Gasteiger partial charge in [0.25, 0.3) is 0 Å². The molecule has 0 saturated heterocycles. The van der Waals surface area contributed by atoms with E-state index in [9.17, 15) is 14.4 Å². The molecule has 90 valence electrons. The molecule has 0 fully saturated rings. The lowest BCUT2D eigenvalue weighted by molar-refractivity contribution is -0.139. The highest BCUT2D eigenvalue weighted by atomic mass is 16.4. The number of benzene rings is 1. The second-order valence-corrected chi connectivity index (χ2v) is 3.78. The lowest BCUT2D eigenvalue weighted by atomic mass is 9.93. The van der Waals surface area contributed by atoms with Gasteiger partial charge in [0.1, 0.15) is 0 Å². The number of Topliss-reactive ketones (excluding diaryl/α,β-unsaturated/α-hetero) is 1. The van der Waals surface area contributed by atoms with Crippen molar-refractivity contribution in [3.63, 3.8) is 0 Å². The first-order chi connectivity index (χ1) is 8.10. The molecule has 1 rings (SSSR count). The summed E-state index contributed by atoms with van der Waals surface area (Å²) in [5, 5.41) is 9.06. The maximum atomic E-state index is 11.1. The third kappa shape index (κ3) is 3.24. The van der Waals surface area contributed by atoms with E-state index in [1.54, 1.807) is 12.1 Å². The van der Waals surface area contributed by atoms with Crippen LogP contribution in [0.3, 0.4) is 0 Å². The van der Waals surface area contributed by atoms with Gasteiger partial charge in [-0.1, -0.05) is 37.6 Å². The minimum Gasteiger partial charge on any atom is -0.481 e. The zero-order chi connectivity index (χ0) is 12.8. The van der Waals surface area contributed by atoms with Crippen LogP contribution in [0.4, 0.5) is 0 Å². The van der Waals surface area contributed by atoms with Crippen LogP contribution in [-0.2, 0) is 9.59 Å². The van der Waals surface area contributed by atoms with Crippen molar-refractivity contribution in [2.45, 2.75) is 25.7 Å². The van der Waals surface area contributed by atoms with Crippen LogP contribution in [0.25, 0.3) is 0 Å². The van der Waals surface area contributed by atoms with Gasteiger partial charge in [0, 0.05) is 5.56 Å². The van der Waals surface area contributed by atoms with Crippen molar-refractivity contribution < 1.29 is 19.5 Å². The maximum Gasteiger partial charge on any atom is 0.310 e. The van der Waals surface area contributed by atoms with Gasteiger partial charge in [0.05, 0.1) is 5.92 Å². The number of aldehydes is 1. The average molecular weight is 234 g/mol. The summed E-state index contributed by atoms with van der Waals surface area (Å²) >= 11 is 0. The fraction of sp³-hybridized carbons (Fsp3) is 0.308. The Kier molecular flexibility index (Phi) is 4.57. The van der Waals surface area contributed by atoms with Crippen LogP contribution in [0.2, 0.25) is 0 Å². The standard InChI is InChI=1S/C13H14O4/c1-2-3-11(13(16)17)9-4-6-10(7-5-9)12(15)8-14/h4-8,11H,2-3H2,1H3,(H,16,17). The first-order valence-corrected chi connectivity index (χ1v) is 5.42. The van der Waals surface area contributed by atoms with E-state index >= 15 is 0 Å². The summed E-state index contributed by atoms with van der Waals surface area (Å²) in [7, 11) is 0. The van der Waals surface area contributed by atoms with E-state index in [-0.39, 0.29) is 11.8 Å². The van der Waals surface area contributed by atoms with Gasteiger partial charge in [-0.05, 0) is 12.0 Å². The van der Waals surface area contributed by atoms with Gasteiger partial charge in [0.2, 0.25) is 5.78 Å². The summed E-state index contributed by atoms with van der Waals surface area (Å²) in [6.07, 6.45) is 1.57. The molecule has 1 aromatic carbocycles. The molecule has 0 aliphatic carbocycles. The molecule has 0 aliphatic heterocycles. The van der Waals surface area contributed by atoms with E-state index in [4.69, 9.17) is 5.11 Å². The number of ketones is 1. The highest BCUT2D eigenvalue weighted by Gasteiger charge is 2.18. The number of hydrogen-bond donors (Lipinski definition) is 1. The molecule has 0 heterocycles. The summed E-state index contributed by atoms with van der Waals surface area (Å²) in [6.45, 7) is 1.92. The molecule has 0 spiro atoms. The van der Waals surface area contributed by atoms with Crippen LogP contribution in [0.1, 0.15) is 41.6 Å². The van der Waals surface area contributed by atoms with Crippen LogP contribution in [0, 0.1) is 0 Å². The van der Waals surface area contributed by atoms with Gasteiger partial charge >= 0.3 is 5.97 Å². The molecule has 0 radical (unpaired) electrons. The Hall–Kier alpha value is -1.97.